The average Bonchev–Trinajstić information content (AvgIpc) is 3.19. The number of hydrogen-bond acceptors (Lipinski definition) is 3. The minimum absolute atomic E-state index is 0.0170. The molecule has 142 valence electrons. The van der Waals surface area contributed by atoms with Gasteiger partial charge in [0.25, 0.3) is 0 Å². The predicted octanol–water partition coefficient (Wildman–Crippen LogP) is 3.88. The van der Waals surface area contributed by atoms with Crippen molar-refractivity contribution in [2.45, 2.75) is 44.9 Å². The van der Waals surface area contributed by atoms with E-state index in [9.17, 15) is 9.59 Å². The van der Waals surface area contributed by atoms with Gasteiger partial charge in [0, 0.05) is 25.6 Å². The molecular formula is C22H26N2O3. The molecule has 5 nitrogen and oxygen atoms in total. The molecular weight excluding hydrogens is 340 g/mol. The van der Waals surface area contributed by atoms with Gasteiger partial charge in [-0.3, -0.25) is 4.79 Å². The number of nitrogens with zero attached hydrogens (tertiary/aromatic N) is 1. The Labute approximate surface area is 160 Å². The fraction of sp³-hybridized carbons (Fsp3) is 0.364. The predicted molar refractivity (Wildman–Crippen MR) is 104 cm³/mol. The largest absolute Gasteiger partial charge is 0.445 e. The summed E-state index contributed by atoms with van der Waals surface area (Å²) in [6.45, 7) is 1.51. The number of carbonyl (C=O) groups is 2. The van der Waals surface area contributed by atoms with E-state index in [-0.39, 0.29) is 24.6 Å². The Kier molecular flexibility index (Phi) is 6.85. The van der Waals surface area contributed by atoms with Gasteiger partial charge in [-0.1, -0.05) is 60.7 Å². The molecule has 0 aromatic heterocycles. The Morgan fingerprint density at radius 1 is 1.00 bits per heavy atom. The van der Waals surface area contributed by atoms with Gasteiger partial charge in [0.15, 0.2) is 0 Å². The van der Waals surface area contributed by atoms with E-state index in [2.05, 4.69) is 5.32 Å². The number of likely N-dealkylation sites (tertiary alicyclic amines) is 1. The number of hydrogen-bond donors (Lipinski definition) is 1. The number of benzene rings is 2. The van der Waals surface area contributed by atoms with Crippen LogP contribution in [0.15, 0.2) is 60.7 Å². The maximum Gasteiger partial charge on any atom is 0.410 e. The highest BCUT2D eigenvalue weighted by Crippen LogP contribution is 2.22. The molecule has 2 amide bonds. The molecule has 1 heterocycles. The summed E-state index contributed by atoms with van der Waals surface area (Å²) in [7, 11) is 0. The van der Waals surface area contributed by atoms with E-state index in [0.29, 0.717) is 25.9 Å². The average molecular weight is 366 g/mol. The number of amides is 2. The third-order valence-corrected chi connectivity index (χ3v) is 4.85. The molecule has 1 aliphatic heterocycles. The van der Waals surface area contributed by atoms with Crippen LogP contribution < -0.4 is 5.32 Å². The second-order valence-electron chi connectivity index (χ2n) is 6.83. The Hall–Kier alpha value is -2.82. The molecule has 0 spiro atoms. The molecule has 3 rings (SSSR count). The molecule has 1 fully saturated rings. The Morgan fingerprint density at radius 3 is 2.37 bits per heavy atom. The molecule has 27 heavy (non-hydrogen) atoms. The fourth-order valence-corrected chi connectivity index (χ4v) is 3.36. The molecule has 0 bridgehead atoms. The van der Waals surface area contributed by atoms with Crippen LogP contribution in [0.25, 0.3) is 0 Å². The zero-order valence-corrected chi connectivity index (χ0v) is 15.5. The zero-order chi connectivity index (χ0) is 18.9. The lowest BCUT2D eigenvalue weighted by Gasteiger charge is -2.24. The van der Waals surface area contributed by atoms with Crippen LogP contribution in [-0.2, 0) is 22.7 Å². The van der Waals surface area contributed by atoms with Gasteiger partial charge in [-0.15, -0.1) is 0 Å². The van der Waals surface area contributed by atoms with Crippen LogP contribution in [0.2, 0.25) is 0 Å². The van der Waals surface area contributed by atoms with Crippen LogP contribution in [0.5, 0.6) is 0 Å². The summed E-state index contributed by atoms with van der Waals surface area (Å²) in [5.41, 5.74) is 2.06. The topological polar surface area (TPSA) is 58.6 Å². The molecule has 0 saturated carbocycles. The summed E-state index contributed by atoms with van der Waals surface area (Å²) in [4.78, 5) is 26.3. The van der Waals surface area contributed by atoms with E-state index in [1.165, 1.54) is 0 Å². The van der Waals surface area contributed by atoms with Crippen molar-refractivity contribution in [1.29, 1.82) is 0 Å². The van der Waals surface area contributed by atoms with Gasteiger partial charge in [0.2, 0.25) is 5.91 Å². The highest BCUT2D eigenvalue weighted by atomic mass is 16.6. The summed E-state index contributed by atoms with van der Waals surface area (Å²) in [6, 6.07) is 19.6. The molecule has 1 aliphatic rings. The van der Waals surface area contributed by atoms with E-state index in [0.717, 1.165) is 24.0 Å². The highest BCUT2D eigenvalue weighted by Gasteiger charge is 2.30. The van der Waals surface area contributed by atoms with Gasteiger partial charge in [-0.25, -0.2) is 4.79 Å². The van der Waals surface area contributed by atoms with Crippen molar-refractivity contribution in [2.75, 3.05) is 6.54 Å². The Bertz CT molecular complexity index is 734. The first-order chi connectivity index (χ1) is 13.2. The summed E-state index contributed by atoms with van der Waals surface area (Å²) >= 11 is 0. The van der Waals surface area contributed by atoms with Crippen LogP contribution >= 0.6 is 0 Å². The summed E-state index contributed by atoms with van der Waals surface area (Å²) < 4.78 is 5.44. The van der Waals surface area contributed by atoms with E-state index in [1.54, 1.807) is 4.90 Å². The Morgan fingerprint density at radius 2 is 1.67 bits per heavy atom. The molecule has 1 N–H and O–H groups in total. The first-order valence-corrected chi connectivity index (χ1v) is 9.50. The van der Waals surface area contributed by atoms with Crippen LogP contribution in [0, 0.1) is 0 Å². The van der Waals surface area contributed by atoms with Gasteiger partial charge in [0.05, 0.1) is 0 Å². The van der Waals surface area contributed by atoms with Crippen LogP contribution in [0.3, 0.4) is 0 Å². The first kappa shape index (κ1) is 19.0. The Balaban J connectivity index is 1.41. The van der Waals surface area contributed by atoms with E-state index in [1.807, 2.05) is 60.7 Å². The van der Waals surface area contributed by atoms with Crippen molar-refractivity contribution in [2.24, 2.45) is 0 Å². The van der Waals surface area contributed by atoms with Crippen LogP contribution in [0.1, 0.15) is 36.8 Å². The van der Waals surface area contributed by atoms with Crippen molar-refractivity contribution in [3.63, 3.8) is 0 Å². The lowest BCUT2D eigenvalue weighted by molar-refractivity contribution is -0.121. The number of rotatable bonds is 7. The van der Waals surface area contributed by atoms with E-state index < -0.39 is 0 Å². The summed E-state index contributed by atoms with van der Waals surface area (Å²) in [5, 5.41) is 2.94. The van der Waals surface area contributed by atoms with Crippen molar-refractivity contribution >= 4 is 12.0 Å². The fourth-order valence-electron chi connectivity index (χ4n) is 3.36. The van der Waals surface area contributed by atoms with Gasteiger partial charge in [-0.2, -0.15) is 0 Å². The molecule has 2 aromatic rings. The van der Waals surface area contributed by atoms with Gasteiger partial charge >= 0.3 is 6.09 Å². The summed E-state index contributed by atoms with van der Waals surface area (Å²) in [5.74, 6) is 0.0170. The molecule has 2 aromatic carbocycles. The molecule has 0 aliphatic carbocycles. The minimum atomic E-state index is -0.286. The second-order valence-corrected chi connectivity index (χ2v) is 6.83. The van der Waals surface area contributed by atoms with Gasteiger partial charge < -0.3 is 15.0 Å². The SMILES string of the molecule is O=C(CCC1CCCN1C(=O)OCc1ccccc1)NCc1ccccc1. The maximum atomic E-state index is 12.4. The maximum absolute atomic E-state index is 12.4. The van der Waals surface area contributed by atoms with E-state index in [4.69, 9.17) is 4.74 Å². The van der Waals surface area contributed by atoms with Crippen molar-refractivity contribution < 1.29 is 14.3 Å². The zero-order valence-electron chi connectivity index (χ0n) is 15.5. The van der Waals surface area contributed by atoms with Crippen LogP contribution in [0.4, 0.5) is 4.79 Å². The van der Waals surface area contributed by atoms with Crippen molar-refractivity contribution in [1.82, 2.24) is 10.2 Å². The minimum Gasteiger partial charge on any atom is -0.445 e. The van der Waals surface area contributed by atoms with E-state index >= 15 is 0 Å². The standard InChI is InChI=1S/C22H26N2O3/c25-21(23-16-18-8-3-1-4-9-18)14-13-20-12-7-15-24(20)22(26)27-17-19-10-5-2-6-11-19/h1-6,8-11,20H,7,12-17H2,(H,23,25). The quantitative estimate of drug-likeness (QED) is 0.809. The lowest BCUT2D eigenvalue weighted by atomic mass is 10.1. The van der Waals surface area contributed by atoms with Gasteiger partial charge in [-0.05, 0) is 30.4 Å². The number of carbonyl (C=O) groups excluding carboxylic acids is 2. The summed E-state index contributed by atoms with van der Waals surface area (Å²) in [6.07, 6.45) is 2.68. The number of nitrogens with one attached hydrogen (secondary N) is 1. The normalized spacial score (nSPS) is 16.1. The molecule has 0 radical (unpaired) electrons. The second kappa shape index (κ2) is 9.76. The third kappa shape index (κ3) is 5.84. The van der Waals surface area contributed by atoms with Gasteiger partial charge in [0.1, 0.15) is 6.61 Å². The molecule has 1 unspecified atom stereocenters. The molecule has 1 atom stereocenters. The molecule has 1 saturated heterocycles. The van der Waals surface area contributed by atoms with Crippen molar-refractivity contribution in [3.8, 4) is 0 Å². The molecule has 5 heteroatoms. The highest BCUT2D eigenvalue weighted by molar-refractivity contribution is 5.76. The number of ether oxygens (including phenoxy) is 1. The first-order valence-electron chi connectivity index (χ1n) is 9.50. The lowest BCUT2D eigenvalue weighted by Crippen LogP contribution is -2.36. The third-order valence-electron chi connectivity index (χ3n) is 4.85. The monoisotopic (exact) mass is 366 g/mol. The van der Waals surface area contributed by atoms with Crippen molar-refractivity contribution in [3.05, 3.63) is 71.8 Å². The van der Waals surface area contributed by atoms with Crippen LogP contribution in [-0.4, -0.2) is 29.5 Å². The smallest absolute Gasteiger partial charge is 0.410 e.